The Balaban J connectivity index is 0.00000341. The minimum Gasteiger partial charge on any atom is -0.494 e. The fourth-order valence-electron chi connectivity index (χ4n) is 3.47. The van der Waals surface area contributed by atoms with Gasteiger partial charge in [-0.1, -0.05) is 35.9 Å². The molecule has 1 unspecified atom stereocenters. The smallest absolute Gasteiger partial charge is 0.225 e. The fraction of sp³-hybridized carbons (Fsp3) is 0.417. The number of halogens is 1. The lowest BCUT2D eigenvalue weighted by molar-refractivity contribution is -0.116. The maximum Gasteiger partial charge on any atom is 0.225 e. The molecule has 0 saturated carbocycles. The van der Waals surface area contributed by atoms with E-state index in [0.717, 1.165) is 48.9 Å². The number of aryl methyl sites for hydroxylation is 1. The van der Waals surface area contributed by atoms with Crippen LogP contribution in [0.15, 0.2) is 53.5 Å². The molecule has 1 heterocycles. The van der Waals surface area contributed by atoms with Crippen LogP contribution in [0.4, 0.5) is 5.69 Å². The highest BCUT2D eigenvalue weighted by atomic mass is 127. The molecule has 3 rings (SSSR count). The molecule has 1 amide bonds. The van der Waals surface area contributed by atoms with Gasteiger partial charge < -0.3 is 20.7 Å². The lowest BCUT2D eigenvalue weighted by Crippen LogP contribution is -2.38. The Kier molecular flexibility index (Phi) is 10.6. The number of nitrogens with one attached hydrogen (secondary N) is 3. The molecule has 0 aromatic heterocycles. The normalized spacial score (nSPS) is 15.4. The number of rotatable bonds is 9. The number of hydrogen-bond donors (Lipinski definition) is 3. The van der Waals surface area contributed by atoms with Gasteiger partial charge in [0.15, 0.2) is 5.96 Å². The van der Waals surface area contributed by atoms with Gasteiger partial charge in [0.05, 0.1) is 13.2 Å². The van der Waals surface area contributed by atoms with Crippen LogP contribution >= 0.6 is 24.0 Å². The molecule has 0 aliphatic carbocycles. The van der Waals surface area contributed by atoms with Crippen molar-refractivity contribution >= 4 is 41.5 Å². The Morgan fingerprint density at radius 3 is 2.68 bits per heavy atom. The van der Waals surface area contributed by atoms with Gasteiger partial charge in [-0.05, 0) is 50.5 Å². The van der Waals surface area contributed by atoms with Crippen molar-refractivity contribution in [3.05, 3.63) is 59.7 Å². The second-order valence-corrected chi connectivity index (χ2v) is 7.55. The first-order chi connectivity index (χ1) is 14.7. The molecule has 1 aliphatic rings. The van der Waals surface area contributed by atoms with Crippen LogP contribution < -0.4 is 20.7 Å². The van der Waals surface area contributed by atoms with E-state index in [2.05, 4.69) is 48.0 Å². The van der Waals surface area contributed by atoms with E-state index in [9.17, 15) is 4.79 Å². The van der Waals surface area contributed by atoms with Crippen molar-refractivity contribution < 1.29 is 9.53 Å². The van der Waals surface area contributed by atoms with E-state index in [4.69, 9.17) is 9.73 Å². The third-order valence-electron chi connectivity index (χ3n) is 5.07. The van der Waals surface area contributed by atoms with Gasteiger partial charge in [0.25, 0.3) is 0 Å². The summed E-state index contributed by atoms with van der Waals surface area (Å²) >= 11 is 0. The average molecular weight is 536 g/mol. The van der Waals surface area contributed by atoms with Crippen LogP contribution in [0.1, 0.15) is 43.2 Å². The van der Waals surface area contributed by atoms with Gasteiger partial charge in [-0.25, -0.2) is 0 Å². The summed E-state index contributed by atoms with van der Waals surface area (Å²) in [5, 5.41) is 9.61. The molecule has 2 aromatic rings. The number of benzene rings is 2. The maximum atomic E-state index is 12.0. The van der Waals surface area contributed by atoms with Crippen molar-refractivity contribution in [3.63, 3.8) is 0 Å². The zero-order valence-electron chi connectivity index (χ0n) is 18.3. The molecule has 0 radical (unpaired) electrons. The van der Waals surface area contributed by atoms with Crippen molar-refractivity contribution in [1.29, 1.82) is 0 Å². The second-order valence-electron chi connectivity index (χ2n) is 7.55. The molecule has 1 atom stereocenters. The molecule has 1 aliphatic heterocycles. The number of anilines is 1. The van der Waals surface area contributed by atoms with E-state index in [1.54, 1.807) is 0 Å². The molecule has 0 bridgehead atoms. The standard InChI is InChI=1S/C24H32N4O2.HI/c1-3-25-24(26-14-6-7-15-30-20-12-10-18(2)11-13-20)27-17-19-16-23(29)28-22-9-5-4-8-21(19)22;/h4-5,8-13,19H,3,6-7,14-17H2,1-2H3,(H,28,29)(H2,25,26,27);1H. The van der Waals surface area contributed by atoms with Crippen LogP contribution in [0.5, 0.6) is 5.75 Å². The number of para-hydroxylation sites is 1. The zero-order chi connectivity index (χ0) is 21.2. The van der Waals surface area contributed by atoms with Crippen LogP contribution in [-0.2, 0) is 4.79 Å². The van der Waals surface area contributed by atoms with E-state index in [-0.39, 0.29) is 35.8 Å². The van der Waals surface area contributed by atoms with Crippen LogP contribution in [0, 0.1) is 6.92 Å². The average Bonchev–Trinajstić information content (AvgIpc) is 2.75. The summed E-state index contributed by atoms with van der Waals surface area (Å²) in [6.07, 6.45) is 2.43. The molecule has 168 valence electrons. The van der Waals surface area contributed by atoms with Crippen LogP contribution in [0.25, 0.3) is 0 Å². The van der Waals surface area contributed by atoms with E-state index < -0.39 is 0 Å². The van der Waals surface area contributed by atoms with Crippen molar-refractivity contribution in [3.8, 4) is 5.75 Å². The predicted octanol–water partition coefficient (Wildman–Crippen LogP) is 4.45. The zero-order valence-corrected chi connectivity index (χ0v) is 20.6. The molecule has 31 heavy (non-hydrogen) atoms. The van der Waals surface area contributed by atoms with Crippen LogP contribution in [0.3, 0.4) is 0 Å². The van der Waals surface area contributed by atoms with E-state index in [1.807, 2.05) is 30.3 Å². The second kappa shape index (κ2) is 13.2. The Morgan fingerprint density at radius 1 is 1.13 bits per heavy atom. The highest BCUT2D eigenvalue weighted by Gasteiger charge is 2.24. The van der Waals surface area contributed by atoms with Gasteiger partial charge in [-0.2, -0.15) is 0 Å². The van der Waals surface area contributed by atoms with Gasteiger partial charge in [-0.15, -0.1) is 24.0 Å². The summed E-state index contributed by atoms with van der Waals surface area (Å²) < 4.78 is 5.77. The minimum atomic E-state index is 0. The van der Waals surface area contributed by atoms with Crippen LogP contribution in [0.2, 0.25) is 0 Å². The quantitative estimate of drug-likeness (QED) is 0.192. The Bertz CT molecular complexity index is 855. The highest BCUT2D eigenvalue weighted by Crippen LogP contribution is 2.31. The molecule has 3 N–H and O–H groups in total. The van der Waals surface area contributed by atoms with Gasteiger partial charge in [-0.3, -0.25) is 9.79 Å². The number of aliphatic imine (C=N–C) groups is 1. The number of nitrogens with zero attached hydrogens (tertiary/aromatic N) is 1. The molecule has 0 saturated heterocycles. The first kappa shape index (κ1) is 25.0. The molecule has 0 spiro atoms. The molecule has 6 nitrogen and oxygen atoms in total. The number of carbonyl (C=O) groups excluding carboxylic acids is 1. The third-order valence-corrected chi connectivity index (χ3v) is 5.07. The number of guanidine groups is 1. The molecule has 7 heteroatoms. The van der Waals surface area contributed by atoms with E-state index >= 15 is 0 Å². The lowest BCUT2D eigenvalue weighted by atomic mass is 9.91. The first-order valence-electron chi connectivity index (χ1n) is 10.8. The number of carbonyl (C=O) groups is 1. The van der Waals surface area contributed by atoms with Crippen molar-refractivity contribution in [2.45, 2.75) is 39.0 Å². The summed E-state index contributed by atoms with van der Waals surface area (Å²) in [6, 6.07) is 16.1. The largest absolute Gasteiger partial charge is 0.494 e. The van der Waals surface area contributed by atoms with Gasteiger partial charge in [0.1, 0.15) is 5.75 Å². The van der Waals surface area contributed by atoms with Crippen LogP contribution in [-0.4, -0.2) is 38.1 Å². The lowest BCUT2D eigenvalue weighted by Gasteiger charge is -2.24. The van der Waals surface area contributed by atoms with E-state index in [1.165, 1.54) is 5.56 Å². The molecule has 2 aromatic carbocycles. The minimum absolute atomic E-state index is 0. The number of unbranched alkanes of at least 4 members (excludes halogenated alkanes) is 1. The maximum absolute atomic E-state index is 12.0. The topological polar surface area (TPSA) is 74.8 Å². The Hall–Kier alpha value is -2.29. The highest BCUT2D eigenvalue weighted by molar-refractivity contribution is 14.0. The summed E-state index contributed by atoms with van der Waals surface area (Å²) in [4.78, 5) is 16.7. The number of fused-ring (bicyclic) bond motifs is 1. The summed E-state index contributed by atoms with van der Waals surface area (Å²) in [7, 11) is 0. The van der Waals surface area contributed by atoms with E-state index in [0.29, 0.717) is 19.6 Å². The molecular formula is C24H33IN4O2. The van der Waals surface area contributed by atoms with Crippen molar-refractivity contribution in [2.75, 3.05) is 31.6 Å². The van der Waals surface area contributed by atoms with Gasteiger partial charge in [0, 0.05) is 31.1 Å². The SMILES string of the molecule is CCNC(=NCC1CC(=O)Nc2ccccc21)NCCCCOc1ccc(C)cc1.I. The number of ether oxygens (including phenoxy) is 1. The Morgan fingerprint density at radius 2 is 1.90 bits per heavy atom. The number of amides is 1. The molecular weight excluding hydrogens is 503 g/mol. The monoisotopic (exact) mass is 536 g/mol. The third kappa shape index (κ3) is 8.05. The first-order valence-corrected chi connectivity index (χ1v) is 10.8. The summed E-state index contributed by atoms with van der Waals surface area (Å²) in [5.74, 6) is 1.87. The molecule has 0 fully saturated rings. The summed E-state index contributed by atoms with van der Waals surface area (Å²) in [5.41, 5.74) is 3.30. The van der Waals surface area contributed by atoms with Gasteiger partial charge in [0.2, 0.25) is 5.91 Å². The Labute approximate surface area is 202 Å². The number of hydrogen-bond acceptors (Lipinski definition) is 3. The fourth-order valence-corrected chi connectivity index (χ4v) is 3.47. The predicted molar refractivity (Wildman–Crippen MR) is 138 cm³/mol. The summed E-state index contributed by atoms with van der Waals surface area (Å²) in [6.45, 7) is 7.02. The van der Waals surface area contributed by atoms with Gasteiger partial charge >= 0.3 is 0 Å². The van der Waals surface area contributed by atoms with Crippen molar-refractivity contribution in [2.24, 2.45) is 4.99 Å². The van der Waals surface area contributed by atoms with Crippen molar-refractivity contribution in [1.82, 2.24) is 10.6 Å².